The SMILES string of the molecule is Cc1ncccc1-n1cc(-c2cnc3c(N)nccn23)cn1. The van der Waals surface area contributed by atoms with Crippen molar-refractivity contribution in [1.82, 2.24) is 29.1 Å². The summed E-state index contributed by atoms with van der Waals surface area (Å²) < 4.78 is 3.71. The van der Waals surface area contributed by atoms with Crippen molar-refractivity contribution in [2.24, 2.45) is 0 Å². The maximum absolute atomic E-state index is 5.84. The van der Waals surface area contributed by atoms with E-state index in [1.165, 1.54) is 0 Å². The van der Waals surface area contributed by atoms with Crippen molar-refractivity contribution >= 4 is 11.5 Å². The van der Waals surface area contributed by atoms with Crippen LogP contribution in [0.15, 0.2) is 49.3 Å². The molecule has 0 saturated carbocycles. The highest BCUT2D eigenvalue weighted by molar-refractivity contribution is 5.68. The average Bonchev–Trinajstić information content (AvgIpc) is 3.14. The Morgan fingerprint density at radius 2 is 2.00 bits per heavy atom. The number of pyridine rings is 1. The van der Waals surface area contributed by atoms with Gasteiger partial charge in [-0.05, 0) is 19.1 Å². The maximum Gasteiger partial charge on any atom is 0.180 e. The normalized spacial score (nSPS) is 11.1. The number of aromatic nitrogens is 6. The molecule has 0 fully saturated rings. The van der Waals surface area contributed by atoms with Crippen LogP contribution in [0, 0.1) is 6.92 Å². The minimum Gasteiger partial charge on any atom is -0.381 e. The van der Waals surface area contributed by atoms with Crippen LogP contribution in [0.1, 0.15) is 5.69 Å². The Kier molecular flexibility index (Phi) is 2.65. The molecule has 0 amide bonds. The van der Waals surface area contributed by atoms with Crippen LogP contribution in [0.3, 0.4) is 0 Å². The monoisotopic (exact) mass is 291 g/mol. The zero-order chi connectivity index (χ0) is 15.1. The van der Waals surface area contributed by atoms with Crippen molar-refractivity contribution in [3.8, 4) is 16.9 Å². The summed E-state index contributed by atoms with van der Waals surface area (Å²) in [6, 6.07) is 3.87. The number of nitrogen functional groups attached to an aromatic ring is 1. The molecule has 7 nitrogen and oxygen atoms in total. The van der Waals surface area contributed by atoms with E-state index in [4.69, 9.17) is 5.73 Å². The highest BCUT2D eigenvalue weighted by atomic mass is 15.3. The molecule has 4 rings (SSSR count). The third-order valence-electron chi connectivity index (χ3n) is 3.56. The Morgan fingerprint density at radius 1 is 1.09 bits per heavy atom. The van der Waals surface area contributed by atoms with E-state index in [9.17, 15) is 0 Å². The molecule has 2 N–H and O–H groups in total. The van der Waals surface area contributed by atoms with Crippen molar-refractivity contribution in [2.45, 2.75) is 6.92 Å². The lowest BCUT2D eigenvalue weighted by Crippen LogP contribution is -1.98. The van der Waals surface area contributed by atoms with Gasteiger partial charge in [0.05, 0.1) is 29.5 Å². The molecule has 4 aromatic rings. The molecule has 0 atom stereocenters. The number of nitrogens with zero attached hydrogens (tertiary/aromatic N) is 6. The second kappa shape index (κ2) is 4.66. The quantitative estimate of drug-likeness (QED) is 0.609. The van der Waals surface area contributed by atoms with Crippen LogP contribution < -0.4 is 5.73 Å². The predicted molar refractivity (Wildman–Crippen MR) is 82.5 cm³/mol. The van der Waals surface area contributed by atoms with E-state index in [1.807, 2.05) is 40.5 Å². The minimum atomic E-state index is 0.407. The predicted octanol–water partition coefficient (Wildman–Crippen LogP) is 1.87. The molecular weight excluding hydrogens is 278 g/mol. The number of rotatable bonds is 2. The standard InChI is InChI=1S/C15H13N7/c1-10-12(3-2-4-17-10)22-9-11(7-20-22)13-8-19-15-14(16)18-5-6-21(13)15/h2-9H,1H3,(H2,16,18). The molecule has 0 radical (unpaired) electrons. The number of hydrogen-bond donors (Lipinski definition) is 1. The third kappa shape index (κ3) is 1.83. The Labute approximate surface area is 126 Å². The fraction of sp³-hybridized carbons (Fsp3) is 0.0667. The summed E-state index contributed by atoms with van der Waals surface area (Å²) in [5.74, 6) is 0.407. The number of nitrogens with two attached hydrogens (primary N) is 1. The lowest BCUT2D eigenvalue weighted by Gasteiger charge is -2.03. The highest BCUT2D eigenvalue weighted by Gasteiger charge is 2.11. The van der Waals surface area contributed by atoms with E-state index < -0.39 is 0 Å². The number of fused-ring (bicyclic) bond motifs is 1. The lowest BCUT2D eigenvalue weighted by atomic mass is 10.2. The maximum atomic E-state index is 5.84. The Bertz CT molecular complexity index is 967. The first kappa shape index (κ1) is 12.5. The summed E-state index contributed by atoms with van der Waals surface area (Å²) in [6.07, 6.45) is 10.8. The van der Waals surface area contributed by atoms with Gasteiger partial charge in [-0.15, -0.1) is 0 Å². The molecule has 0 unspecified atom stereocenters. The van der Waals surface area contributed by atoms with Crippen LogP contribution in [-0.2, 0) is 0 Å². The first-order valence-corrected chi connectivity index (χ1v) is 6.78. The van der Waals surface area contributed by atoms with Crippen LogP contribution in [0.2, 0.25) is 0 Å². The van der Waals surface area contributed by atoms with E-state index >= 15 is 0 Å². The molecule has 0 bridgehead atoms. The summed E-state index contributed by atoms with van der Waals surface area (Å²) in [4.78, 5) is 12.7. The summed E-state index contributed by atoms with van der Waals surface area (Å²) in [7, 11) is 0. The molecule has 0 aliphatic rings. The average molecular weight is 291 g/mol. The smallest absolute Gasteiger partial charge is 0.180 e. The van der Waals surface area contributed by atoms with Crippen LogP contribution in [-0.4, -0.2) is 29.1 Å². The van der Waals surface area contributed by atoms with Crippen molar-refractivity contribution in [1.29, 1.82) is 0 Å². The van der Waals surface area contributed by atoms with E-state index in [0.717, 1.165) is 22.6 Å². The van der Waals surface area contributed by atoms with Gasteiger partial charge in [-0.25, -0.2) is 14.6 Å². The van der Waals surface area contributed by atoms with Gasteiger partial charge >= 0.3 is 0 Å². The zero-order valence-electron chi connectivity index (χ0n) is 11.9. The summed E-state index contributed by atoms with van der Waals surface area (Å²) in [5.41, 5.74) is 10.2. The van der Waals surface area contributed by atoms with Crippen molar-refractivity contribution in [3.63, 3.8) is 0 Å². The number of anilines is 1. The van der Waals surface area contributed by atoms with Gasteiger partial charge in [0, 0.05) is 30.4 Å². The zero-order valence-corrected chi connectivity index (χ0v) is 11.9. The fourth-order valence-corrected chi connectivity index (χ4v) is 2.46. The van der Waals surface area contributed by atoms with E-state index in [2.05, 4.69) is 20.1 Å². The van der Waals surface area contributed by atoms with Gasteiger partial charge in [-0.3, -0.25) is 9.38 Å². The molecule has 108 valence electrons. The Balaban J connectivity index is 1.84. The van der Waals surface area contributed by atoms with Gasteiger partial charge in [0.15, 0.2) is 11.5 Å². The summed E-state index contributed by atoms with van der Waals surface area (Å²) in [5, 5.41) is 4.42. The van der Waals surface area contributed by atoms with Gasteiger partial charge in [0.25, 0.3) is 0 Å². The summed E-state index contributed by atoms with van der Waals surface area (Å²) in [6.45, 7) is 1.96. The molecule has 0 aromatic carbocycles. The third-order valence-corrected chi connectivity index (χ3v) is 3.56. The molecule has 0 aliphatic carbocycles. The van der Waals surface area contributed by atoms with Gasteiger partial charge in [0.1, 0.15) is 0 Å². The minimum absolute atomic E-state index is 0.407. The Morgan fingerprint density at radius 3 is 2.86 bits per heavy atom. The van der Waals surface area contributed by atoms with Crippen molar-refractivity contribution < 1.29 is 0 Å². The van der Waals surface area contributed by atoms with Crippen LogP contribution in [0.25, 0.3) is 22.6 Å². The number of imidazole rings is 1. The second-order valence-electron chi connectivity index (χ2n) is 4.93. The molecule has 0 saturated heterocycles. The van der Waals surface area contributed by atoms with Gasteiger partial charge in [-0.1, -0.05) is 0 Å². The van der Waals surface area contributed by atoms with Gasteiger partial charge < -0.3 is 5.73 Å². The Hall–Kier alpha value is -3.22. The largest absolute Gasteiger partial charge is 0.381 e. The van der Waals surface area contributed by atoms with Crippen LogP contribution in [0.4, 0.5) is 5.82 Å². The van der Waals surface area contributed by atoms with Gasteiger partial charge in [0.2, 0.25) is 0 Å². The van der Waals surface area contributed by atoms with Crippen molar-refractivity contribution in [2.75, 3.05) is 5.73 Å². The van der Waals surface area contributed by atoms with Crippen molar-refractivity contribution in [3.05, 3.63) is 55.0 Å². The number of hydrogen-bond acceptors (Lipinski definition) is 5. The highest BCUT2D eigenvalue weighted by Crippen LogP contribution is 2.23. The molecule has 4 aromatic heterocycles. The second-order valence-corrected chi connectivity index (χ2v) is 4.93. The van der Waals surface area contributed by atoms with E-state index in [1.54, 1.807) is 24.8 Å². The topological polar surface area (TPSA) is 86.9 Å². The molecule has 0 spiro atoms. The van der Waals surface area contributed by atoms with Crippen LogP contribution >= 0.6 is 0 Å². The first-order chi connectivity index (χ1) is 10.7. The fourth-order valence-electron chi connectivity index (χ4n) is 2.46. The molecule has 7 heteroatoms. The lowest BCUT2D eigenvalue weighted by molar-refractivity contribution is 0.862. The summed E-state index contributed by atoms with van der Waals surface area (Å²) >= 11 is 0. The number of aryl methyl sites for hydroxylation is 1. The van der Waals surface area contributed by atoms with Gasteiger partial charge in [-0.2, -0.15) is 5.10 Å². The first-order valence-electron chi connectivity index (χ1n) is 6.78. The van der Waals surface area contributed by atoms with E-state index in [0.29, 0.717) is 11.5 Å². The molecule has 4 heterocycles. The molecule has 22 heavy (non-hydrogen) atoms. The molecule has 0 aliphatic heterocycles. The molecular formula is C15H13N7. The van der Waals surface area contributed by atoms with Crippen LogP contribution in [0.5, 0.6) is 0 Å². The van der Waals surface area contributed by atoms with E-state index in [-0.39, 0.29) is 0 Å².